The second kappa shape index (κ2) is 7.58. The predicted molar refractivity (Wildman–Crippen MR) is 72.7 cm³/mol. The Labute approximate surface area is 108 Å². The van der Waals surface area contributed by atoms with E-state index in [9.17, 15) is 0 Å². The molecule has 0 saturated carbocycles. The van der Waals surface area contributed by atoms with Crippen LogP contribution in [0.5, 0.6) is 5.75 Å². The van der Waals surface area contributed by atoms with Gasteiger partial charge in [0.2, 0.25) is 0 Å². The van der Waals surface area contributed by atoms with Crippen LogP contribution in [0, 0.1) is 0 Å². The first kappa shape index (κ1) is 14.4. The zero-order valence-electron chi connectivity index (χ0n) is 10.7. The molecule has 0 bridgehead atoms. The van der Waals surface area contributed by atoms with E-state index in [2.05, 4.69) is 19.1 Å². The van der Waals surface area contributed by atoms with Crippen LogP contribution in [-0.4, -0.2) is 26.2 Å². The summed E-state index contributed by atoms with van der Waals surface area (Å²) in [5.41, 5.74) is 6.88. The molecule has 4 heteroatoms. The van der Waals surface area contributed by atoms with E-state index in [1.54, 1.807) is 14.2 Å². The van der Waals surface area contributed by atoms with Gasteiger partial charge in [-0.05, 0) is 29.9 Å². The van der Waals surface area contributed by atoms with Crippen molar-refractivity contribution in [2.75, 3.05) is 20.0 Å². The number of methoxy groups -OCH3 is 2. The molecule has 0 aromatic heterocycles. The SMILES string of the molecule is CCCSc1ccc(CC(N)OC)cc1OC. The monoisotopic (exact) mass is 255 g/mol. The molecule has 1 aromatic carbocycles. The molecule has 96 valence electrons. The third-order valence-corrected chi connectivity index (χ3v) is 3.69. The van der Waals surface area contributed by atoms with Gasteiger partial charge < -0.3 is 15.2 Å². The van der Waals surface area contributed by atoms with Crippen LogP contribution in [0.15, 0.2) is 23.1 Å². The van der Waals surface area contributed by atoms with Crippen molar-refractivity contribution in [1.82, 2.24) is 0 Å². The molecule has 0 amide bonds. The van der Waals surface area contributed by atoms with Crippen LogP contribution in [-0.2, 0) is 11.2 Å². The van der Waals surface area contributed by atoms with Crippen LogP contribution < -0.4 is 10.5 Å². The summed E-state index contributed by atoms with van der Waals surface area (Å²) in [6.07, 6.45) is 1.60. The highest BCUT2D eigenvalue weighted by molar-refractivity contribution is 7.99. The molecular weight excluding hydrogens is 234 g/mol. The molecule has 1 unspecified atom stereocenters. The average molecular weight is 255 g/mol. The summed E-state index contributed by atoms with van der Waals surface area (Å²) >= 11 is 1.82. The quantitative estimate of drug-likeness (QED) is 0.601. The lowest BCUT2D eigenvalue weighted by molar-refractivity contribution is 0.109. The van der Waals surface area contributed by atoms with E-state index in [1.807, 2.05) is 17.8 Å². The van der Waals surface area contributed by atoms with Gasteiger partial charge in [0.25, 0.3) is 0 Å². The summed E-state index contributed by atoms with van der Waals surface area (Å²) in [6, 6.07) is 6.22. The van der Waals surface area contributed by atoms with Crippen molar-refractivity contribution < 1.29 is 9.47 Å². The van der Waals surface area contributed by atoms with Crippen molar-refractivity contribution >= 4 is 11.8 Å². The third-order valence-electron chi connectivity index (χ3n) is 2.43. The first-order valence-corrected chi connectivity index (χ1v) is 6.77. The minimum Gasteiger partial charge on any atom is -0.496 e. The molecule has 0 aliphatic carbocycles. The van der Waals surface area contributed by atoms with E-state index < -0.39 is 0 Å². The molecule has 0 spiro atoms. The lowest BCUT2D eigenvalue weighted by Crippen LogP contribution is -2.24. The van der Waals surface area contributed by atoms with Crippen LogP contribution in [0.4, 0.5) is 0 Å². The van der Waals surface area contributed by atoms with Gasteiger partial charge in [0.1, 0.15) is 12.0 Å². The molecule has 3 nitrogen and oxygen atoms in total. The first-order valence-electron chi connectivity index (χ1n) is 5.79. The van der Waals surface area contributed by atoms with Crippen molar-refractivity contribution in [3.63, 3.8) is 0 Å². The molecule has 0 saturated heterocycles. The van der Waals surface area contributed by atoms with Crippen molar-refractivity contribution in [3.8, 4) is 5.75 Å². The van der Waals surface area contributed by atoms with Gasteiger partial charge in [0.05, 0.1) is 7.11 Å². The largest absolute Gasteiger partial charge is 0.496 e. The molecule has 17 heavy (non-hydrogen) atoms. The normalized spacial score (nSPS) is 12.5. The lowest BCUT2D eigenvalue weighted by Gasteiger charge is -2.12. The molecule has 1 rings (SSSR count). The van der Waals surface area contributed by atoms with Crippen molar-refractivity contribution in [3.05, 3.63) is 23.8 Å². The Balaban J connectivity index is 2.77. The van der Waals surface area contributed by atoms with Gasteiger partial charge in [-0.3, -0.25) is 0 Å². The number of hydrogen-bond donors (Lipinski definition) is 1. The van der Waals surface area contributed by atoms with Crippen molar-refractivity contribution in [2.24, 2.45) is 5.73 Å². The van der Waals surface area contributed by atoms with Crippen LogP contribution >= 0.6 is 11.8 Å². The maximum Gasteiger partial charge on any atom is 0.132 e. The minimum atomic E-state index is -0.256. The molecule has 0 fully saturated rings. The summed E-state index contributed by atoms with van der Waals surface area (Å²) in [5, 5.41) is 0. The average Bonchev–Trinajstić information content (AvgIpc) is 2.36. The second-order valence-electron chi connectivity index (χ2n) is 3.81. The van der Waals surface area contributed by atoms with E-state index in [1.165, 1.54) is 4.90 Å². The van der Waals surface area contributed by atoms with E-state index >= 15 is 0 Å². The standard InChI is InChI=1S/C13H21NO2S/c1-4-7-17-12-6-5-10(8-11(12)15-2)9-13(14)16-3/h5-6,8,13H,4,7,9,14H2,1-3H3. The molecule has 1 aromatic rings. The molecule has 0 aliphatic heterocycles. The Hall–Kier alpha value is -0.710. The van der Waals surface area contributed by atoms with Crippen LogP contribution in [0.25, 0.3) is 0 Å². The van der Waals surface area contributed by atoms with Crippen LogP contribution in [0.3, 0.4) is 0 Å². The minimum absolute atomic E-state index is 0.256. The second-order valence-corrected chi connectivity index (χ2v) is 4.95. The van der Waals surface area contributed by atoms with Crippen molar-refractivity contribution in [1.29, 1.82) is 0 Å². The molecule has 2 N–H and O–H groups in total. The van der Waals surface area contributed by atoms with Gasteiger partial charge in [-0.15, -0.1) is 11.8 Å². The molecule has 0 heterocycles. The number of thioether (sulfide) groups is 1. The van der Waals surface area contributed by atoms with Crippen LogP contribution in [0.2, 0.25) is 0 Å². The van der Waals surface area contributed by atoms with Gasteiger partial charge in [-0.1, -0.05) is 13.0 Å². The van der Waals surface area contributed by atoms with E-state index in [-0.39, 0.29) is 6.23 Å². The summed E-state index contributed by atoms with van der Waals surface area (Å²) in [6.45, 7) is 2.17. The zero-order chi connectivity index (χ0) is 12.7. The fraction of sp³-hybridized carbons (Fsp3) is 0.538. The van der Waals surface area contributed by atoms with Gasteiger partial charge in [0.15, 0.2) is 0 Å². The van der Waals surface area contributed by atoms with Crippen molar-refractivity contribution in [2.45, 2.75) is 30.9 Å². The Morgan fingerprint density at radius 2 is 2.12 bits per heavy atom. The van der Waals surface area contributed by atoms with Gasteiger partial charge >= 0.3 is 0 Å². The summed E-state index contributed by atoms with van der Waals surface area (Å²) in [5.74, 6) is 2.03. The Kier molecular flexibility index (Phi) is 6.40. The smallest absolute Gasteiger partial charge is 0.132 e. The Bertz CT molecular complexity index is 344. The zero-order valence-corrected chi connectivity index (χ0v) is 11.5. The highest BCUT2D eigenvalue weighted by atomic mass is 32.2. The topological polar surface area (TPSA) is 44.5 Å². The molecule has 1 atom stereocenters. The maximum absolute atomic E-state index is 5.75. The Morgan fingerprint density at radius 1 is 1.35 bits per heavy atom. The van der Waals surface area contributed by atoms with E-state index in [4.69, 9.17) is 15.2 Å². The maximum atomic E-state index is 5.75. The third kappa shape index (κ3) is 4.58. The number of nitrogens with two attached hydrogens (primary N) is 1. The Morgan fingerprint density at radius 3 is 2.71 bits per heavy atom. The number of hydrogen-bond acceptors (Lipinski definition) is 4. The van der Waals surface area contributed by atoms with E-state index in [0.717, 1.165) is 23.5 Å². The van der Waals surface area contributed by atoms with Gasteiger partial charge in [-0.25, -0.2) is 0 Å². The summed E-state index contributed by atoms with van der Waals surface area (Å²) < 4.78 is 10.5. The highest BCUT2D eigenvalue weighted by Crippen LogP contribution is 2.30. The fourth-order valence-electron chi connectivity index (χ4n) is 1.49. The summed E-state index contributed by atoms with van der Waals surface area (Å²) in [4.78, 5) is 1.18. The molecule has 0 aliphatic rings. The van der Waals surface area contributed by atoms with E-state index in [0.29, 0.717) is 6.42 Å². The number of ether oxygens (including phenoxy) is 2. The first-order chi connectivity index (χ1) is 8.21. The molecule has 0 radical (unpaired) electrons. The lowest BCUT2D eigenvalue weighted by atomic mass is 10.1. The number of benzene rings is 1. The van der Waals surface area contributed by atoms with Gasteiger partial charge in [0, 0.05) is 18.4 Å². The number of rotatable bonds is 7. The van der Waals surface area contributed by atoms with Crippen LogP contribution in [0.1, 0.15) is 18.9 Å². The van der Waals surface area contributed by atoms with Gasteiger partial charge in [-0.2, -0.15) is 0 Å². The predicted octanol–water partition coefficient (Wildman–Crippen LogP) is 2.67. The molecular formula is C13H21NO2S. The fourth-order valence-corrected chi connectivity index (χ4v) is 2.36. The highest BCUT2D eigenvalue weighted by Gasteiger charge is 2.07. The summed E-state index contributed by atoms with van der Waals surface area (Å²) in [7, 11) is 3.32.